The van der Waals surface area contributed by atoms with Gasteiger partial charge in [0.15, 0.2) is 5.82 Å². The summed E-state index contributed by atoms with van der Waals surface area (Å²) in [5.74, 6) is 0.895. The van der Waals surface area contributed by atoms with Gasteiger partial charge in [-0.1, -0.05) is 36.7 Å². The van der Waals surface area contributed by atoms with Gasteiger partial charge in [-0.05, 0) is 36.4 Å². The van der Waals surface area contributed by atoms with Crippen LogP contribution in [-0.2, 0) is 6.42 Å². The van der Waals surface area contributed by atoms with Crippen molar-refractivity contribution in [1.29, 1.82) is 0 Å². The fourth-order valence-corrected chi connectivity index (χ4v) is 3.74. The van der Waals surface area contributed by atoms with E-state index in [0.29, 0.717) is 34.7 Å². The fraction of sp³-hybridized carbons (Fsp3) is 0.130. The predicted octanol–water partition coefficient (Wildman–Crippen LogP) is 3.06. The first-order valence-electron chi connectivity index (χ1n) is 10.3. The van der Waals surface area contributed by atoms with Gasteiger partial charge in [0.2, 0.25) is 0 Å². The normalized spacial score (nSPS) is 11.9. The molecule has 0 saturated heterocycles. The summed E-state index contributed by atoms with van der Waals surface area (Å²) in [6, 6.07) is 14.7. The highest BCUT2D eigenvalue weighted by Gasteiger charge is 2.20. The fourth-order valence-electron chi connectivity index (χ4n) is 3.56. The number of anilines is 2. The number of aryl methyl sites for hydroxylation is 1. The molecule has 0 atom stereocenters. The minimum absolute atomic E-state index is 0.0828. The number of hydrogen-bond donors (Lipinski definition) is 3. The molecule has 0 radical (unpaired) electrons. The second kappa shape index (κ2) is 9.17. The van der Waals surface area contributed by atoms with E-state index < -0.39 is 5.91 Å². The van der Waals surface area contributed by atoms with Gasteiger partial charge in [-0.3, -0.25) is 14.2 Å². The third-order valence-electron chi connectivity index (χ3n) is 5.05. The quantitative estimate of drug-likeness (QED) is 0.427. The first kappa shape index (κ1) is 22.1. The number of carbonyl (C=O) groups excluding carboxylic acids is 1. The van der Waals surface area contributed by atoms with Crippen molar-refractivity contribution in [2.24, 2.45) is 5.73 Å². The standard InChI is InChI=1S/C16H13ClN2O.C7H9N5O/c1-2-15-18-14-9-8-11(17)10-13(14)16(20)19(15)12-6-4-3-5-7-12;8-5-4(6(9)13)7-10-2-1-3-12(7)11-5/h3-10H,2H2,1H3;1,3,10H,2H2,(H2,8,11)(H2,9,13). The first-order valence-corrected chi connectivity index (χ1v) is 10.6. The molecule has 1 aliphatic heterocycles. The van der Waals surface area contributed by atoms with Crippen LogP contribution >= 0.6 is 11.6 Å². The van der Waals surface area contributed by atoms with Gasteiger partial charge in [-0.15, -0.1) is 5.10 Å². The Bertz CT molecular complexity index is 1420. The number of nitrogens with zero attached hydrogens (tertiary/aromatic N) is 4. The van der Waals surface area contributed by atoms with E-state index >= 15 is 0 Å². The molecule has 4 aromatic rings. The van der Waals surface area contributed by atoms with E-state index in [-0.39, 0.29) is 16.9 Å². The van der Waals surface area contributed by atoms with Gasteiger partial charge >= 0.3 is 0 Å². The molecule has 5 N–H and O–H groups in total. The van der Waals surface area contributed by atoms with Crippen LogP contribution in [0.3, 0.4) is 0 Å². The van der Waals surface area contributed by atoms with Crippen molar-refractivity contribution >= 4 is 46.2 Å². The van der Waals surface area contributed by atoms with Crippen molar-refractivity contribution in [3.05, 3.63) is 81.4 Å². The van der Waals surface area contributed by atoms with Crippen LogP contribution in [0.5, 0.6) is 0 Å². The maximum atomic E-state index is 12.7. The Balaban J connectivity index is 0.000000172. The number of para-hydroxylation sites is 1. The number of carbonyl (C=O) groups is 1. The minimum Gasteiger partial charge on any atom is -0.381 e. The second-order valence-electron chi connectivity index (χ2n) is 7.20. The number of fused-ring (bicyclic) bond motifs is 2. The number of nitrogens with two attached hydrogens (primary N) is 2. The van der Waals surface area contributed by atoms with Crippen molar-refractivity contribution in [2.45, 2.75) is 13.3 Å². The van der Waals surface area contributed by atoms with Gasteiger partial charge in [0.05, 0.1) is 16.6 Å². The molecular formula is C23H22ClN7O2. The highest BCUT2D eigenvalue weighted by Crippen LogP contribution is 2.23. The zero-order valence-corrected chi connectivity index (χ0v) is 18.6. The van der Waals surface area contributed by atoms with Crippen LogP contribution in [0, 0.1) is 0 Å². The van der Waals surface area contributed by atoms with Crippen LogP contribution < -0.4 is 22.3 Å². The predicted molar refractivity (Wildman–Crippen MR) is 131 cm³/mol. The Kier molecular flexibility index (Phi) is 6.14. The lowest BCUT2D eigenvalue weighted by Gasteiger charge is -2.12. The van der Waals surface area contributed by atoms with Gasteiger partial charge in [-0.25, -0.2) is 9.67 Å². The topological polar surface area (TPSA) is 134 Å². The van der Waals surface area contributed by atoms with Crippen molar-refractivity contribution in [1.82, 2.24) is 19.3 Å². The van der Waals surface area contributed by atoms with Crippen molar-refractivity contribution in [3.63, 3.8) is 0 Å². The number of nitrogens with one attached hydrogen (secondary N) is 1. The lowest BCUT2D eigenvalue weighted by atomic mass is 10.2. The molecule has 9 nitrogen and oxygen atoms in total. The molecule has 5 rings (SSSR count). The van der Waals surface area contributed by atoms with E-state index in [9.17, 15) is 9.59 Å². The maximum Gasteiger partial charge on any atom is 0.266 e. The average molecular weight is 464 g/mol. The number of amides is 1. The molecule has 33 heavy (non-hydrogen) atoms. The Morgan fingerprint density at radius 3 is 2.67 bits per heavy atom. The molecule has 0 fully saturated rings. The van der Waals surface area contributed by atoms with Crippen molar-refractivity contribution in [3.8, 4) is 5.69 Å². The zero-order valence-electron chi connectivity index (χ0n) is 17.8. The lowest BCUT2D eigenvalue weighted by molar-refractivity contribution is 0.100. The van der Waals surface area contributed by atoms with Gasteiger partial charge in [0.25, 0.3) is 11.5 Å². The Labute approximate surface area is 194 Å². The van der Waals surface area contributed by atoms with E-state index in [0.717, 1.165) is 11.5 Å². The summed E-state index contributed by atoms with van der Waals surface area (Å²) >= 11 is 5.99. The summed E-state index contributed by atoms with van der Waals surface area (Å²) in [5.41, 5.74) is 12.3. The molecule has 2 aromatic carbocycles. The number of aromatic nitrogens is 4. The molecule has 1 aliphatic rings. The van der Waals surface area contributed by atoms with Crippen LogP contribution in [-0.4, -0.2) is 31.8 Å². The number of benzene rings is 2. The van der Waals surface area contributed by atoms with Crippen LogP contribution in [0.25, 0.3) is 22.8 Å². The number of primary amides is 1. The van der Waals surface area contributed by atoms with Crippen LogP contribution in [0.4, 0.5) is 11.6 Å². The Morgan fingerprint density at radius 2 is 1.97 bits per heavy atom. The summed E-state index contributed by atoms with van der Waals surface area (Å²) in [7, 11) is 0. The minimum atomic E-state index is -0.568. The van der Waals surface area contributed by atoms with Crippen molar-refractivity contribution in [2.75, 3.05) is 17.6 Å². The van der Waals surface area contributed by atoms with Gasteiger partial charge in [0, 0.05) is 24.2 Å². The molecular weight excluding hydrogens is 442 g/mol. The molecule has 3 heterocycles. The first-order chi connectivity index (χ1) is 15.9. The largest absolute Gasteiger partial charge is 0.381 e. The highest BCUT2D eigenvalue weighted by molar-refractivity contribution is 6.31. The molecule has 2 aromatic heterocycles. The summed E-state index contributed by atoms with van der Waals surface area (Å²) in [6.07, 6.45) is 4.28. The number of hydrogen-bond acceptors (Lipinski definition) is 6. The third kappa shape index (κ3) is 4.31. The molecule has 1 amide bonds. The van der Waals surface area contributed by atoms with Gasteiger partial charge in [-0.2, -0.15) is 0 Å². The van der Waals surface area contributed by atoms with Gasteiger partial charge in [0.1, 0.15) is 17.2 Å². The van der Waals surface area contributed by atoms with Crippen molar-refractivity contribution < 1.29 is 4.79 Å². The molecule has 0 aliphatic carbocycles. The lowest BCUT2D eigenvalue weighted by Crippen LogP contribution is -2.23. The van der Waals surface area contributed by atoms with E-state index in [4.69, 9.17) is 23.1 Å². The van der Waals surface area contributed by atoms with E-state index in [1.807, 2.05) is 43.3 Å². The molecule has 0 saturated carbocycles. The maximum absolute atomic E-state index is 12.7. The smallest absolute Gasteiger partial charge is 0.266 e. The molecule has 0 bridgehead atoms. The van der Waals surface area contributed by atoms with E-state index in [1.54, 1.807) is 29.0 Å². The average Bonchev–Trinajstić information content (AvgIpc) is 3.16. The second-order valence-corrected chi connectivity index (χ2v) is 7.64. The summed E-state index contributed by atoms with van der Waals surface area (Å²) in [4.78, 5) is 28.3. The Morgan fingerprint density at radius 1 is 1.21 bits per heavy atom. The number of halogens is 1. The highest BCUT2D eigenvalue weighted by atomic mass is 35.5. The van der Waals surface area contributed by atoms with E-state index in [1.165, 1.54) is 4.68 Å². The SMILES string of the molecule is CCc1nc2ccc(Cl)cc2c(=O)n1-c1ccccc1.NC(=O)c1c(N)nn2c1NCC=C2. The monoisotopic (exact) mass is 463 g/mol. The van der Waals surface area contributed by atoms with Crippen LogP contribution in [0.1, 0.15) is 23.1 Å². The zero-order chi connectivity index (χ0) is 23.5. The summed E-state index contributed by atoms with van der Waals surface area (Å²) in [6.45, 7) is 2.63. The van der Waals surface area contributed by atoms with Gasteiger partial charge < -0.3 is 16.8 Å². The molecule has 10 heteroatoms. The molecule has 168 valence electrons. The molecule has 0 unspecified atom stereocenters. The molecule has 0 spiro atoms. The van der Waals surface area contributed by atoms with Crippen LogP contribution in [0.15, 0.2) is 59.4 Å². The summed E-state index contributed by atoms with van der Waals surface area (Å²) < 4.78 is 3.15. The number of rotatable bonds is 3. The summed E-state index contributed by atoms with van der Waals surface area (Å²) in [5, 5.41) is 7.97. The number of nitrogen functional groups attached to an aromatic ring is 1. The third-order valence-corrected chi connectivity index (χ3v) is 5.28. The van der Waals surface area contributed by atoms with Crippen LogP contribution in [0.2, 0.25) is 5.02 Å². The van der Waals surface area contributed by atoms with E-state index in [2.05, 4.69) is 15.4 Å². The Hall–Kier alpha value is -4.11.